The molecular formula is C6H11BrO. The highest BCUT2D eigenvalue weighted by molar-refractivity contribution is 9.09. The molecule has 0 amide bonds. The molecule has 48 valence electrons. The van der Waals surface area contributed by atoms with Gasteiger partial charge in [-0.2, -0.15) is 0 Å². The van der Waals surface area contributed by atoms with Gasteiger partial charge in [0, 0.05) is 11.8 Å². The molecule has 0 aliphatic rings. The van der Waals surface area contributed by atoms with Crippen molar-refractivity contribution in [2.75, 3.05) is 12.4 Å². The lowest BCUT2D eigenvalue weighted by molar-refractivity contribution is 0.279. The van der Waals surface area contributed by atoms with Crippen LogP contribution in [-0.4, -0.2) is 12.4 Å². The summed E-state index contributed by atoms with van der Waals surface area (Å²) in [7, 11) is 1.65. The van der Waals surface area contributed by atoms with Crippen LogP contribution in [0, 0.1) is 0 Å². The van der Waals surface area contributed by atoms with Crippen LogP contribution >= 0.6 is 15.9 Å². The van der Waals surface area contributed by atoms with Crippen LogP contribution < -0.4 is 0 Å². The molecule has 0 unspecified atom stereocenters. The Kier molecular flexibility index (Phi) is 5.18. The maximum absolute atomic E-state index is 4.84. The standard InChI is InChI=1S/C6H11BrO/c1-6(8-2)4-3-5-7/h1,3-5H2,2H3. The fourth-order valence-corrected chi connectivity index (χ4v) is 0.646. The largest absolute Gasteiger partial charge is 0.502 e. The van der Waals surface area contributed by atoms with Crippen molar-refractivity contribution in [1.29, 1.82) is 0 Å². The summed E-state index contributed by atoms with van der Waals surface area (Å²) in [5, 5.41) is 1.02. The van der Waals surface area contributed by atoms with Gasteiger partial charge in [-0.3, -0.25) is 0 Å². The SMILES string of the molecule is C=C(CCCBr)OC. The Morgan fingerprint density at radius 3 is 2.75 bits per heavy atom. The van der Waals surface area contributed by atoms with E-state index in [-0.39, 0.29) is 0 Å². The van der Waals surface area contributed by atoms with E-state index in [0.717, 1.165) is 23.9 Å². The van der Waals surface area contributed by atoms with Crippen LogP contribution in [0.2, 0.25) is 0 Å². The second-order valence-electron chi connectivity index (χ2n) is 1.54. The topological polar surface area (TPSA) is 9.23 Å². The maximum Gasteiger partial charge on any atom is 0.0884 e. The van der Waals surface area contributed by atoms with E-state index in [2.05, 4.69) is 22.5 Å². The molecule has 0 saturated heterocycles. The zero-order chi connectivity index (χ0) is 6.41. The van der Waals surface area contributed by atoms with Crippen LogP contribution in [0.15, 0.2) is 12.3 Å². The first kappa shape index (κ1) is 8.02. The number of ether oxygens (including phenoxy) is 1. The van der Waals surface area contributed by atoms with Crippen molar-refractivity contribution < 1.29 is 4.74 Å². The van der Waals surface area contributed by atoms with Crippen molar-refractivity contribution in [3.05, 3.63) is 12.3 Å². The summed E-state index contributed by atoms with van der Waals surface area (Å²) in [5.74, 6) is 0.865. The first-order chi connectivity index (χ1) is 3.81. The molecule has 0 rings (SSSR count). The molecule has 0 N–H and O–H groups in total. The lowest BCUT2D eigenvalue weighted by atomic mass is 10.3. The quantitative estimate of drug-likeness (QED) is 0.475. The Morgan fingerprint density at radius 2 is 2.38 bits per heavy atom. The van der Waals surface area contributed by atoms with Gasteiger partial charge in [-0.1, -0.05) is 22.5 Å². The summed E-state index contributed by atoms with van der Waals surface area (Å²) in [6.07, 6.45) is 2.06. The fourth-order valence-electron chi connectivity index (χ4n) is 0.366. The lowest BCUT2D eigenvalue weighted by Gasteiger charge is -1.99. The Balaban J connectivity index is 2.99. The molecule has 0 fully saturated rings. The van der Waals surface area contributed by atoms with Gasteiger partial charge in [0.05, 0.1) is 12.9 Å². The summed E-state index contributed by atoms with van der Waals surface area (Å²) >= 11 is 3.31. The van der Waals surface area contributed by atoms with Gasteiger partial charge >= 0.3 is 0 Å². The van der Waals surface area contributed by atoms with E-state index in [1.165, 1.54) is 0 Å². The van der Waals surface area contributed by atoms with E-state index in [1.54, 1.807) is 7.11 Å². The number of hydrogen-bond donors (Lipinski definition) is 0. The zero-order valence-electron chi connectivity index (χ0n) is 5.11. The molecule has 0 aromatic rings. The molecule has 0 atom stereocenters. The van der Waals surface area contributed by atoms with Gasteiger partial charge in [-0.05, 0) is 6.42 Å². The van der Waals surface area contributed by atoms with Crippen LogP contribution in [0.4, 0.5) is 0 Å². The summed E-state index contributed by atoms with van der Waals surface area (Å²) in [6, 6.07) is 0. The minimum absolute atomic E-state index is 0.865. The number of halogens is 1. The minimum Gasteiger partial charge on any atom is -0.502 e. The predicted molar refractivity (Wildman–Crippen MR) is 39.2 cm³/mol. The molecule has 0 radical (unpaired) electrons. The molecule has 0 aromatic heterocycles. The van der Waals surface area contributed by atoms with E-state index in [1.807, 2.05) is 0 Å². The van der Waals surface area contributed by atoms with Crippen LogP contribution in [0.1, 0.15) is 12.8 Å². The molecule has 0 aromatic carbocycles. The van der Waals surface area contributed by atoms with Crippen LogP contribution in [-0.2, 0) is 4.74 Å². The highest BCUT2D eigenvalue weighted by atomic mass is 79.9. The molecule has 2 heteroatoms. The lowest BCUT2D eigenvalue weighted by Crippen LogP contribution is -1.84. The van der Waals surface area contributed by atoms with Crippen LogP contribution in [0.3, 0.4) is 0 Å². The number of allylic oxidation sites excluding steroid dienone is 1. The third-order valence-electron chi connectivity index (χ3n) is 0.878. The molecule has 0 aliphatic heterocycles. The second kappa shape index (κ2) is 5.16. The van der Waals surface area contributed by atoms with E-state index in [0.29, 0.717) is 0 Å². The molecule has 0 heterocycles. The van der Waals surface area contributed by atoms with Gasteiger partial charge in [0.25, 0.3) is 0 Å². The fraction of sp³-hybridized carbons (Fsp3) is 0.667. The van der Waals surface area contributed by atoms with Crippen molar-refractivity contribution in [1.82, 2.24) is 0 Å². The first-order valence-electron chi connectivity index (χ1n) is 2.59. The monoisotopic (exact) mass is 178 g/mol. The Bertz CT molecular complexity index is 70.9. The highest BCUT2D eigenvalue weighted by Gasteiger charge is 1.88. The molecule has 0 saturated carbocycles. The van der Waals surface area contributed by atoms with Gasteiger partial charge in [0.2, 0.25) is 0 Å². The predicted octanol–water partition coefficient (Wildman–Crippen LogP) is 2.32. The molecule has 0 bridgehead atoms. The van der Waals surface area contributed by atoms with Gasteiger partial charge in [-0.15, -0.1) is 0 Å². The minimum atomic E-state index is 0.865. The number of methoxy groups -OCH3 is 1. The molecule has 1 nitrogen and oxygen atoms in total. The maximum atomic E-state index is 4.84. The van der Waals surface area contributed by atoms with Crippen molar-refractivity contribution in [3.8, 4) is 0 Å². The van der Waals surface area contributed by atoms with Gasteiger partial charge in [0.1, 0.15) is 0 Å². The average molecular weight is 179 g/mol. The summed E-state index contributed by atoms with van der Waals surface area (Å²) < 4.78 is 4.84. The number of rotatable bonds is 4. The smallest absolute Gasteiger partial charge is 0.0884 e. The second-order valence-corrected chi connectivity index (χ2v) is 2.33. The number of hydrogen-bond acceptors (Lipinski definition) is 1. The van der Waals surface area contributed by atoms with Crippen LogP contribution in [0.25, 0.3) is 0 Å². The Morgan fingerprint density at radius 1 is 1.75 bits per heavy atom. The van der Waals surface area contributed by atoms with Crippen molar-refractivity contribution in [2.24, 2.45) is 0 Å². The van der Waals surface area contributed by atoms with E-state index >= 15 is 0 Å². The van der Waals surface area contributed by atoms with Gasteiger partial charge in [0.15, 0.2) is 0 Å². The van der Waals surface area contributed by atoms with Crippen molar-refractivity contribution in [2.45, 2.75) is 12.8 Å². The first-order valence-corrected chi connectivity index (χ1v) is 3.71. The summed E-state index contributed by atoms with van der Waals surface area (Å²) in [4.78, 5) is 0. The third-order valence-corrected chi connectivity index (χ3v) is 1.44. The third kappa shape index (κ3) is 4.19. The molecular weight excluding hydrogens is 168 g/mol. The van der Waals surface area contributed by atoms with E-state index in [4.69, 9.17) is 4.74 Å². The summed E-state index contributed by atoms with van der Waals surface area (Å²) in [5.41, 5.74) is 0. The molecule has 0 spiro atoms. The van der Waals surface area contributed by atoms with E-state index < -0.39 is 0 Å². The van der Waals surface area contributed by atoms with Gasteiger partial charge < -0.3 is 4.74 Å². The van der Waals surface area contributed by atoms with Crippen molar-refractivity contribution >= 4 is 15.9 Å². The molecule has 0 aliphatic carbocycles. The van der Waals surface area contributed by atoms with Crippen LogP contribution in [0.5, 0.6) is 0 Å². The van der Waals surface area contributed by atoms with Gasteiger partial charge in [-0.25, -0.2) is 0 Å². The average Bonchev–Trinajstić information content (AvgIpc) is 1.83. The Hall–Kier alpha value is 0.0200. The Labute approximate surface area is 58.9 Å². The van der Waals surface area contributed by atoms with E-state index in [9.17, 15) is 0 Å². The number of alkyl halides is 1. The molecule has 8 heavy (non-hydrogen) atoms. The zero-order valence-corrected chi connectivity index (χ0v) is 6.70. The van der Waals surface area contributed by atoms with Crippen molar-refractivity contribution in [3.63, 3.8) is 0 Å². The normalized spacial score (nSPS) is 8.75. The highest BCUT2D eigenvalue weighted by Crippen LogP contribution is 2.03. The summed E-state index contributed by atoms with van der Waals surface area (Å²) in [6.45, 7) is 3.67.